The van der Waals surface area contributed by atoms with Crippen molar-refractivity contribution in [1.82, 2.24) is 19.5 Å². The zero-order valence-electron chi connectivity index (χ0n) is 14.4. The van der Waals surface area contributed by atoms with E-state index < -0.39 is 0 Å². The number of halogens is 1. The van der Waals surface area contributed by atoms with Gasteiger partial charge in [0, 0.05) is 4.47 Å². The third kappa shape index (κ3) is 2.97. The van der Waals surface area contributed by atoms with E-state index in [1.807, 2.05) is 18.2 Å². The smallest absolute Gasteiger partial charge is 0.230 e. The Morgan fingerprint density at radius 3 is 2.74 bits per heavy atom. The van der Waals surface area contributed by atoms with E-state index in [-0.39, 0.29) is 11.9 Å². The quantitative estimate of drug-likeness (QED) is 0.493. The summed E-state index contributed by atoms with van der Waals surface area (Å²) in [6, 6.07) is 11.9. The molecule has 0 amide bonds. The van der Waals surface area contributed by atoms with Gasteiger partial charge in [0.15, 0.2) is 5.76 Å². The van der Waals surface area contributed by atoms with E-state index in [1.165, 1.54) is 28.7 Å². The highest BCUT2D eigenvalue weighted by atomic mass is 79.9. The molecule has 6 nitrogen and oxygen atoms in total. The zero-order valence-corrected chi connectivity index (χ0v) is 16.8. The topological polar surface area (TPSA) is 66.8 Å². The minimum atomic E-state index is -0.00874. The summed E-state index contributed by atoms with van der Waals surface area (Å²) < 4.78 is 7.91. The Labute approximate surface area is 168 Å². The lowest BCUT2D eigenvalue weighted by Gasteiger charge is -2.27. The molecule has 0 unspecified atom stereocenters. The number of likely N-dealkylation sites (tertiary alicyclic amines) is 1. The summed E-state index contributed by atoms with van der Waals surface area (Å²) in [6.45, 7) is 2.03. The molecule has 8 heteroatoms. The van der Waals surface area contributed by atoms with E-state index in [0.717, 1.165) is 28.0 Å². The molecule has 1 aliphatic rings. The fraction of sp³-hybridized carbons (Fsp3) is 0.263. The zero-order chi connectivity index (χ0) is 18.4. The molecule has 0 spiro atoms. The number of fused-ring (bicyclic) bond motifs is 1. The van der Waals surface area contributed by atoms with Crippen molar-refractivity contribution in [2.24, 2.45) is 0 Å². The molecule has 0 saturated carbocycles. The number of rotatable bonds is 4. The summed E-state index contributed by atoms with van der Waals surface area (Å²) in [4.78, 5) is 8.49. The predicted molar refractivity (Wildman–Crippen MR) is 107 cm³/mol. The average molecular weight is 445 g/mol. The molecule has 0 bridgehead atoms. The summed E-state index contributed by atoms with van der Waals surface area (Å²) >= 11 is 5.05. The van der Waals surface area contributed by atoms with Gasteiger partial charge in [-0.3, -0.25) is 4.90 Å². The molecule has 4 aromatic rings. The fourth-order valence-electron chi connectivity index (χ4n) is 3.64. The third-order valence-electron chi connectivity index (χ3n) is 4.86. The Hall–Kier alpha value is -2.16. The number of nitrogens with zero attached hydrogens (tertiary/aromatic N) is 4. The van der Waals surface area contributed by atoms with Crippen LogP contribution in [0.4, 0.5) is 0 Å². The molecular weight excluding hydrogens is 428 g/mol. The third-order valence-corrected chi connectivity index (χ3v) is 6.43. The molecule has 1 N–H and O–H groups in total. The maximum atomic E-state index is 11.0. The van der Waals surface area contributed by atoms with Crippen molar-refractivity contribution in [3.05, 3.63) is 57.6 Å². The molecule has 0 radical (unpaired) electrons. The highest BCUT2D eigenvalue weighted by molar-refractivity contribution is 9.10. The van der Waals surface area contributed by atoms with Crippen LogP contribution in [-0.2, 0) is 0 Å². The van der Waals surface area contributed by atoms with E-state index in [1.54, 1.807) is 12.3 Å². The van der Waals surface area contributed by atoms with Gasteiger partial charge in [-0.25, -0.2) is 0 Å². The monoisotopic (exact) mass is 444 g/mol. The van der Waals surface area contributed by atoms with Crippen LogP contribution in [0.25, 0.3) is 16.5 Å². The van der Waals surface area contributed by atoms with E-state index in [9.17, 15) is 5.11 Å². The summed E-state index contributed by atoms with van der Waals surface area (Å²) in [5.74, 6) is 1.22. The SMILES string of the molecule is Oc1c([C@@H](c2cccc(Br)c2)N2CCCC2)sc2nc(-c3ccco3)nn12. The van der Waals surface area contributed by atoms with E-state index in [4.69, 9.17) is 4.42 Å². The lowest BCUT2D eigenvalue weighted by atomic mass is 10.0. The summed E-state index contributed by atoms with van der Waals surface area (Å²) in [5.41, 5.74) is 1.15. The van der Waals surface area contributed by atoms with Crippen LogP contribution in [0, 0.1) is 0 Å². The molecule has 27 heavy (non-hydrogen) atoms. The number of furan rings is 1. The van der Waals surface area contributed by atoms with Gasteiger partial charge in [0.05, 0.1) is 17.2 Å². The van der Waals surface area contributed by atoms with Crippen LogP contribution in [0.2, 0.25) is 0 Å². The van der Waals surface area contributed by atoms with Gasteiger partial charge in [-0.05, 0) is 55.8 Å². The molecule has 1 saturated heterocycles. The van der Waals surface area contributed by atoms with Crippen LogP contribution >= 0.6 is 27.3 Å². The highest BCUT2D eigenvalue weighted by Gasteiger charge is 2.31. The lowest BCUT2D eigenvalue weighted by Crippen LogP contribution is -2.26. The summed E-state index contributed by atoms with van der Waals surface area (Å²) in [7, 11) is 0. The van der Waals surface area contributed by atoms with Crippen LogP contribution in [0.5, 0.6) is 5.88 Å². The van der Waals surface area contributed by atoms with Crippen LogP contribution in [-0.4, -0.2) is 37.7 Å². The van der Waals surface area contributed by atoms with Crippen LogP contribution in [0.1, 0.15) is 29.3 Å². The van der Waals surface area contributed by atoms with Gasteiger partial charge in [0.25, 0.3) is 0 Å². The minimum absolute atomic E-state index is 0.00874. The van der Waals surface area contributed by atoms with Gasteiger partial charge in [0.2, 0.25) is 16.7 Å². The number of aromatic hydroxyl groups is 1. The standard InChI is InChI=1S/C19H17BrN4O2S/c20-13-6-3-5-12(11-13)15(23-8-1-2-9-23)16-18(25)24-19(27-16)21-17(22-24)14-7-4-10-26-14/h3-7,10-11,15,25H,1-2,8-9H2/t15-/m1/s1. The number of aromatic nitrogens is 3. The Bertz CT molecular complexity index is 1080. The highest BCUT2D eigenvalue weighted by Crippen LogP contribution is 2.42. The second-order valence-corrected chi connectivity index (χ2v) is 8.52. The lowest BCUT2D eigenvalue weighted by molar-refractivity contribution is 0.277. The first-order chi connectivity index (χ1) is 13.2. The maximum Gasteiger partial charge on any atom is 0.230 e. The van der Waals surface area contributed by atoms with Gasteiger partial charge in [-0.1, -0.05) is 39.4 Å². The second-order valence-electron chi connectivity index (χ2n) is 6.60. The van der Waals surface area contributed by atoms with Gasteiger partial charge >= 0.3 is 0 Å². The van der Waals surface area contributed by atoms with Gasteiger partial charge in [0.1, 0.15) is 0 Å². The normalized spacial score (nSPS) is 16.3. The average Bonchev–Trinajstić information content (AvgIpc) is 3.42. The van der Waals surface area contributed by atoms with Crippen LogP contribution in [0.3, 0.4) is 0 Å². The van der Waals surface area contributed by atoms with Gasteiger partial charge in [-0.15, -0.1) is 5.10 Å². The van der Waals surface area contributed by atoms with Crippen molar-refractivity contribution in [1.29, 1.82) is 0 Å². The van der Waals surface area contributed by atoms with Crippen molar-refractivity contribution in [2.45, 2.75) is 18.9 Å². The van der Waals surface area contributed by atoms with Crippen molar-refractivity contribution in [3.8, 4) is 17.5 Å². The number of thiazole rings is 1. The van der Waals surface area contributed by atoms with Crippen molar-refractivity contribution >= 4 is 32.2 Å². The molecule has 1 aromatic carbocycles. The Morgan fingerprint density at radius 2 is 2.04 bits per heavy atom. The Kier molecular flexibility index (Phi) is 4.26. The maximum absolute atomic E-state index is 11.0. The van der Waals surface area contributed by atoms with Crippen LogP contribution in [0.15, 0.2) is 51.6 Å². The number of hydrogen-bond acceptors (Lipinski definition) is 6. The molecular formula is C19H17BrN4O2S. The fourth-order valence-corrected chi connectivity index (χ4v) is 5.18. The van der Waals surface area contributed by atoms with Gasteiger partial charge in [-0.2, -0.15) is 9.50 Å². The second kappa shape index (κ2) is 6.78. The molecule has 1 atom stereocenters. The van der Waals surface area contributed by atoms with Gasteiger partial charge < -0.3 is 9.52 Å². The van der Waals surface area contributed by atoms with Crippen molar-refractivity contribution in [2.75, 3.05) is 13.1 Å². The first kappa shape index (κ1) is 17.0. The summed E-state index contributed by atoms with van der Waals surface area (Å²) in [6.07, 6.45) is 3.94. The Balaban J connectivity index is 1.62. The Morgan fingerprint density at radius 1 is 1.19 bits per heavy atom. The number of hydrogen-bond donors (Lipinski definition) is 1. The minimum Gasteiger partial charge on any atom is -0.492 e. The molecule has 1 fully saturated rings. The van der Waals surface area contributed by atoms with E-state index in [0.29, 0.717) is 16.5 Å². The van der Waals surface area contributed by atoms with Crippen molar-refractivity contribution in [3.63, 3.8) is 0 Å². The van der Waals surface area contributed by atoms with Crippen LogP contribution < -0.4 is 0 Å². The largest absolute Gasteiger partial charge is 0.492 e. The molecule has 1 aliphatic heterocycles. The first-order valence-electron chi connectivity index (χ1n) is 8.82. The molecule has 138 valence electrons. The molecule has 0 aliphatic carbocycles. The van der Waals surface area contributed by atoms with E-state index in [2.05, 4.69) is 43.0 Å². The van der Waals surface area contributed by atoms with Crippen molar-refractivity contribution < 1.29 is 9.52 Å². The number of benzene rings is 1. The molecule has 5 rings (SSSR count). The summed E-state index contributed by atoms with van der Waals surface area (Å²) in [5, 5.41) is 15.4. The first-order valence-corrected chi connectivity index (χ1v) is 10.4. The molecule has 4 heterocycles. The van der Waals surface area contributed by atoms with E-state index >= 15 is 0 Å². The predicted octanol–water partition coefficient (Wildman–Crippen LogP) is 4.70. The molecule has 3 aromatic heterocycles.